The summed E-state index contributed by atoms with van der Waals surface area (Å²) in [6, 6.07) is 13.0. The molecule has 0 bridgehead atoms. The summed E-state index contributed by atoms with van der Waals surface area (Å²) in [4.78, 5) is 7.34. The molecule has 0 atom stereocenters. The van der Waals surface area contributed by atoms with Crippen molar-refractivity contribution in [3.63, 3.8) is 0 Å². The Morgan fingerprint density at radius 2 is 1.88 bits per heavy atom. The molecule has 3 heterocycles. The van der Waals surface area contributed by atoms with Crippen LogP contribution in [-0.4, -0.2) is 20.1 Å². The van der Waals surface area contributed by atoms with Crippen LogP contribution < -0.4 is 4.72 Å². The fourth-order valence-corrected chi connectivity index (χ4v) is 6.37. The first-order valence-corrected chi connectivity index (χ1v) is 13.1. The van der Waals surface area contributed by atoms with E-state index in [2.05, 4.69) is 67.1 Å². The van der Waals surface area contributed by atoms with Gasteiger partial charge in [-0.2, -0.15) is 5.10 Å². The maximum atomic E-state index is 4.86. The van der Waals surface area contributed by atoms with Crippen LogP contribution >= 0.6 is 23.3 Å². The molecule has 5 rings (SSSR count). The number of benzene rings is 1. The molecule has 0 aliphatic heterocycles. The molecule has 0 spiro atoms. The molecular formula is C26H30N4S2. The van der Waals surface area contributed by atoms with Gasteiger partial charge >= 0.3 is 0 Å². The van der Waals surface area contributed by atoms with Crippen LogP contribution in [0.15, 0.2) is 59.9 Å². The normalized spacial score (nSPS) is 15.5. The summed E-state index contributed by atoms with van der Waals surface area (Å²) in [5, 5.41) is 5.84. The van der Waals surface area contributed by atoms with E-state index in [4.69, 9.17) is 4.98 Å². The zero-order valence-corrected chi connectivity index (χ0v) is 20.6. The second-order valence-electron chi connectivity index (χ2n) is 9.65. The Bertz CT molecular complexity index is 1210. The van der Waals surface area contributed by atoms with Gasteiger partial charge in [-0.3, -0.25) is 4.72 Å². The van der Waals surface area contributed by atoms with Gasteiger partial charge in [0, 0.05) is 39.9 Å². The molecule has 1 aromatic carbocycles. The number of hydrogen-bond acceptors (Lipinski definition) is 5. The van der Waals surface area contributed by atoms with Crippen molar-refractivity contribution in [2.75, 3.05) is 0 Å². The Balaban J connectivity index is 1.52. The number of fused-ring (bicyclic) bond motifs is 1. The third-order valence-electron chi connectivity index (χ3n) is 5.93. The molecule has 0 radical (unpaired) electrons. The molecule has 166 valence electrons. The number of aromatic nitrogens is 3. The third-order valence-corrected chi connectivity index (χ3v) is 8.39. The highest BCUT2D eigenvalue weighted by Crippen LogP contribution is 2.41. The standard InChI is InChI=1S/C26H30N4S2/c1-26(2,3)29-32-23-15-19(21-16-28-30-14-8-7-11-22(21)30)12-13-20(23)24-17-27-25(31-24)18-9-5-4-6-10-18/h7-8,11-18,29H,4-6,9-10H2,1-3H3. The molecule has 0 saturated heterocycles. The number of pyridine rings is 1. The Labute approximate surface area is 198 Å². The van der Waals surface area contributed by atoms with Crippen LogP contribution in [0.1, 0.15) is 63.8 Å². The summed E-state index contributed by atoms with van der Waals surface area (Å²) in [5.74, 6) is 0.643. The molecule has 1 aliphatic carbocycles. The van der Waals surface area contributed by atoms with E-state index in [1.54, 1.807) is 11.9 Å². The third kappa shape index (κ3) is 4.63. The molecule has 0 amide bonds. The number of hydrogen-bond donors (Lipinski definition) is 1. The van der Waals surface area contributed by atoms with Gasteiger partial charge in [0.1, 0.15) is 0 Å². The molecule has 1 fully saturated rings. The van der Waals surface area contributed by atoms with E-state index in [9.17, 15) is 0 Å². The maximum Gasteiger partial charge on any atom is 0.0962 e. The Kier molecular flexibility index (Phi) is 6.10. The Morgan fingerprint density at radius 3 is 2.69 bits per heavy atom. The van der Waals surface area contributed by atoms with Crippen LogP contribution in [0.2, 0.25) is 0 Å². The minimum Gasteiger partial charge on any atom is -0.255 e. The largest absolute Gasteiger partial charge is 0.255 e. The van der Waals surface area contributed by atoms with Crippen molar-refractivity contribution < 1.29 is 0 Å². The lowest BCUT2D eigenvalue weighted by Crippen LogP contribution is -2.29. The van der Waals surface area contributed by atoms with Gasteiger partial charge in [0.15, 0.2) is 0 Å². The van der Waals surface area contributed by atoms with Crippen molar-refractivity contribution in [2.24, 2.45) is 0 Å². The molecule has 4 aromatic rings. The van der Waals surface area contributed by atoms with E-state index in [1.807, 2.05) is 34.3 Å². The SMILES string of the molecule is CC(C)(C)NSc1cc(-c2cnn3ccccc23)ccc1-c1cnc(C2CCCCC2)s1. The van der Waals surface area contributed by atoms with Crippen LogP contribution in [0.5, 0.6) is 0 Å². The average molecular weight is 463 g/mol. The Hall–Kier alpha value is -2.15. The molecule has 1 saturated carbocycles. The number of nitrogens with one attached hydrogen (secondary N) is 1. The van der Waals surface area contributed by atoms with Crippen molar-refractivity contribution >= 4 is 28.8 Å². The maximum absolute atomic E-state index is 4.86. The molecule has 1 aliphatic rings. The van der Waals surface area contributed by atoms with Gasteiger partial charge in [-0.05, 0) is 69.3 Å². The van der Waals surface area contributed by atoms with Gasteiger partial charge in [0.2, 0.25) is 0 Å². The second-order valence-corrected chi connectivity index (χ2v) is 11.6. The van der Waals surface area contributed by atoms with Gasteiger partial charge in [-0.25, -0.2) is 9.50 Å². The van der Waals surface area contributed by atoms with Crippen molar-refractivity contribution in [1.82, 2.24) is 19.3 Å². The average Bonchev–Trinajstić information content (AvgIpc) is 3.45. The molecular weight excluding hydrogens is 432 g/mol. The van der Waals surface area contributed by atoms with E-state index in [1.165, 1.54) is 58.0 Å². The predicted molar refractivity (Wildman–Crippen MR) is 136 cm³/mol. The second kappa shape index (κ2) is 9.00. The van der Waals surface area contributed by atoms with Crippen LogP contribution in [-0.2, 0) is 0 Å². The molecule has 4 nitrogen and oxygen atoms in total. The summed E-state index contributed by atoms with van der Waals surface area (Å²) in [7, 11) is 0. The lowest BCUT2D eigenvalue weighted by atomic mass is 9.90. The Morgan fingerprint density at radius 1 is 1.03 bits per heavy atom. The first kappa shape index (κ1) is 21.7. The summed E-state index contributed by atoms with van der Waals surface area (Å²) in [6.45, 7) is 6.59. The van der Waals surface area contributed by atoms with E-state index >= 15 is 0 Å². The number of rotatable bonds is 5. The topological polar surface area (TPSA) is 42.2 Å². The molecule has 0 unspecified atom stereocenters. The van der Waals surface area contributed by atoms with E-state index < -0.39 is 0 Å². The van der Waals surface area contributed by atoms with E-state index in [0.717, 1.165) is 11.1 Å². The van der Waals surface area contributed by atoms with Gasteiger partial charge < -0.3 is 0 Å². The van der Waals surface area contributed by atoms with E-state index in [-0.39, 0.29) is 5.54 Å². The highest BCUT2D eigenvalue weighted by atomic mass is 32.2. The summed E-state index contributed by atoms with van der Waals surface area (Å²) in [6.07, 6.45) is 12.7. The quantitative estimate of drug-likeness (QED) is 0.311. The number of nitrogens with zero attached hydrogens (tertiary/aromatic N) is 3. The molecule has 6 heteroatoms. The molecule has 3 aromatic heterocycles. The summed E-state index contributed by atoms with van der Waals surface area (Å²) in [5.41, 5.74) is 4.74. The van der Waals surface area contributed by atoms with Gasteiger partial charge in [0.25, 0.3) is 0 Å². The highest BCUT2D eigenvalue weighted by Gasteiger charge is 2.21. The van der Waals surface area contributed by atoms with Crippen molar-refractivity contribution in [3.8, 4) is 21.6 Å². The number of thiazole rings is 1. The van der Waals surface area contributed by atoms with Crippen molar-refractivity contribution in [3.05, 3.63) is 60.0 Å². The minimum atomic E-state index is 0.0172. The molecule has 32 heavy (non-hydrogen) atoms. The fourth-order valence-electron chi connectivity index (χ4n) is 4.29. The summed E-state index contributed by atoms with van der Waals surface area (Å²) < 4.78 is 5.54. The lowest BCUT2D eigenvalue weighted by molar-refractivity contribution is 0.442. The zero-order valence-electron chi connectivity index (χ0n) is 19.0. The van der Waals surface area contributed by atoms with Gasteiger partial charge in [-0.1, -0.05) is 37.5 Å². The fraction of sp³-hybridized carbons (Fsp3) is 0.385. The van der Waals surface area contributed by atoms with Crippen LogP contribution in [0.3, 0.4) is 0 Å². The van der Waals surface area contributed by atoms with E-state index in [0.29, 0.717) is 5.92 Å². The van der Waals surface area contributed by atoms with Crippen LogP contribution in [0.4, 0.5) is 0 Å². The zero-order chi connectivity index (χ0) is 22.1. The van der Waals surface area contributed by atoms with Crippen molar-refractivity contribution in [2.45, 2.75) is 69.2 Å². The lowest BCUT2D eigenvalue weighted by Gasteiger charge is -2.21. The van der Waals surface area contributed by atoms with Crippen LogP contribution in [0, 0.1) is 0 Å². The smallest absolute Gasteiger partial charge is 0.0962 e. The minimum absolute atomic E-state index is 0.0172. The first-order valence-electron chi connectivity index (χ1n) is 11.4. The van der Waals surface area contributed by atoms with Crippen molar-refractivity contribution in [1.29, 1.82) is 0 Å². The highest BCUT2D eigenvalue weighted by molar-refractivity contribution is 7.97. The summed E-state index contributed by atoms with van der Waals surface area (Å²) >= 11 is 3.59. The monoisotopic (exact) mass is 462 g/mol. The van der Waals surface area contributed by atoms with Gasteiger partial charge in [0.05, 0.1) is 21.6 Å². The predicted octanol–water partition coefficient (Wildman–Crippen LogP) is 7.57. The van der Waals surface area contributed by atoms with Gasteiger partial charge in [-0.15, -0.1) is 11.3 Å². The first-order chi connectivity index (χ1) is 15.5. The van der Waals surface area contributed by atoms with Crippen LogP contribution in [0.25, 0.3) is 27.1 Å². The molecule has 1 N–H and O–H groups in total.